The first-order valence-corrected chi connectivity index (χ1v) is 5.12. The summed E-state index contributed by atoms with van der Waals surface area (Å²) < 4.78 is 18.2. The molecule has 2 rings (SSSR count). The molecule has 0 saturated carbocycles. The maximum absolute atomic E-state index is 12.8. The van der Waals surface area contributed by atoms with Crippen LogP contribution in [-0.4, -0.2) is 12.0 Å². The Morgan fingerprint density at radius 1 is 1.50 bits per heavy atom. The molecule has 1 atom stereocenters. The van der Waals surface area contributed by atoms with Crippen LogP contribution in [0.25, 0.3) is 0 Å². The molecular weight excluding hydrogens is 233 g/mol. The molecule has 0 bridgehead atoms. The number of halogens is 2. The van der Waals surface area contributed by atoms with E-state index in [1.54, 1.807) is 12.3 Å². The molecule has 0 aliphatic carbocycles. The summed E-state index contributed by atoms with van der Waals surface area (Å²) >= 11 is 5.78. The molecule has 84 valence electrons. The topological polar surface area (TPSA) is 38.3 Å². The molecule has 5 heteroatoms. The highest BCUT2D eigenvalue weighted by molar-refractivity contribution is 6.32. The molecule has 1 amide bonds. The van der Waals surface area contributed by atoms with Crippen molar-refractivity contribution in [3.63, 3.8) is 0 Å². The predicted octanol–water partition coefficient (Wildman–Crippen LogP) is 2.26. The van der Waals surface area contributed by atoms with E-state index in [-0.39, 0.29) is 10.9 Å². The first-order valence-electron chi connectivity index (χ1n) is 4.74. The molecule has 1 aromatic rings. The van der Waals surface area contributed by atoms with Gasteiger partial charge in [-0.3, -0.25) is 4.79 Å². The highest BCUT2D eigenvalue weighted by atomic mass is 35.5. The molecule has 1 unspecified atom stereocenters. The third-order valence-corrected chi connectivity index (χ3v) is 2.44. The molecule has 1 aliphatic heterocycles. The summed E-state index contributed by atoms with van der Waals surface area (Å²) in [5, 5.41) is 2.68. The van der Waals surface area contributed by atoms with Crippen molar-refractivity contribution in [2.45, 2.75) is 12.5 Å². The Kier molecular flexibility index (Phi) is 3.10. The van der Waals surface area contributed by atoms with E-state index in [0.717, 1.165) is 6.07 Å². The van der Waals surface area contributed by atoms with E-state index >= 15 is 0 Å². The zero-order valence-corrected chi connectivity index (χ0v) is 9.00. The van der Waals surface area contributed by atoms with Gasteiger partial charge in [-0.05, 0) is 18.2 Å². The van der Waals surface area contributed by atoms with Crippen molar-refractivity contribution in [3.8, 4) is 5.75 Å². The van der Waals surface area contributed by atoms with E-state index in [0.29, 0.717) is 12.2 Å². The summed E-state index contributed by atoms with van der Waals surface area (Å²) in [5.41, 5.74) is 0. The molecule has 3 nitrogen and oxygen atoms in total. The van der Waals surface area contributed by atoms with Gasteiger partial charge in [-0.1, -0.05) is 17.7 Å². The van der Waals surface area contributed by atoms with Crippen molar-refractivity contribution < 1.29 is 13.9 Å². The van der Waals surface area contributed by atoms with Crippen molar-refractivity contribution in [2.75, 3.05) is 0 Å². The van der Waals surface area contributed by atoms with Crippen molar-refractivity contribution in [1.29, 1.82) is 0 Å². The number of hydrogen-bond donors (Lipinski definition) is 1. The predicted molar refractivity (Wildman–Crippen MR) is 57.7 cm³/mol. The van der Waals surface area contributed by atoms with Crippen LogP contribution in [0.5, 0.6) is 5.75 Å². The summed E-state index contributed by atoms with van der Waals surface area (Å²) in [6, 6.07) is 3.79. The Morgan fingerprint density at radius 2 is 2.31 bits per heavy atom. The van der Waals surface area contributed by atoms with Gasteiger partial charge in [0.2, 0.25) is 0 Å². The molecule has 0 radical (unpaired) electrons. The van der Waals surface area contributed by atoms with Gasteiger partial charge in [-0.2, -0.15) is 0 Å². The minimum Gasteiger partial charge on any atom is -0.479 e. The third-order valence-electron chi connectivity index (χ3n) is 2.15. The Balaban J connectivity index is 2.14. The number of rotatable bonds is 2. The number of carbonyl (C=O) groups is 1. The number of hydrogen-bond acceptors (Lipinski definition) is 2. The fourth-order valence-electron chi connectivity index (χ4n) is 1.36. The van der Waals surface area contributed by atoms with E-state index in [9.17, 15) is 9.18 Å². The summed E-state index contributed by atoms with van der Waals surface area (Å²) in [6.07, 6.45) is 3.20. The maximum Gasteiger partial charge on any atom is 0.265 e. The van der Waals surface area contributed by atoms with Gasteiger partial charge >= 0.3 is 0 Å². The SMILES string of the molecule is O=C1NC=CCC1Oc1ccc(F)cc1Cl. The fraction of sp³-hybridized carbons (Fsp3) is 0.182. The normalized spacial score (nSPS) is 19.4. The van der Waals surface area contributed by atoms with Gasteiger partial charge in [-0.15, -0.1) is 0 Å². The summed E-state index contributed by atoms with van der Waals surface area (Å²) in [7, 11) is 0. The maximum atomic E-state index is 12.8. The minimum atomic E-state index is -0.618. The van der Waals surface area contributed by atoms with Gasteiger partial charge in [0.15, 0.2) is 6.10 Å². The minimum absolute atomic E-state index is 0.155. The Bertz CT molecular complexity index is 448. The van der Waals surface area contributed by atoms with Gasteiger partial charge < -0.3 is 10.1 Å². The van der Waals surface area contributed by atoms with Crippen molar-refractivity contribution in [3.05, 3.63) is 41.3 Å². The third kappa shape index (κ3) is 2.33. The summed E-state index contributed by atoms with van der Waals surface area (Å²) in [6.45, 7) is 0. The lowest BCUT2D eigenvalue weighted by Crippen LogP contribution is -2.38. The average Bonchev–Trinajstić information content (AvgIpc) is 2.25. The highest BCUT2D eigenvalue weighted by Crippen LogP contribution is 2.26. The monoisotopic (exact) mass is 241 g/mol. The highest BCUT2D eigenvalue weighted by Gasteiger charge is 2.21. The molecule has 0 spiro atoms. The zero-order chi connectivity index (χ0) is 11.5. The Morgan fingerprint density at radius 3 is 3.00 bits per heavy atom. The second-order valence-corrected chi connectivity index (χ2v) is 3.74. The average molecular weight is 242 g/mol. The molecule has 0 aromatic heterocycles. The molecule has 0 fully saturated rings. The largest absolute Gasteiger partial charge is 0.479 e. The van der Waals surface area contributed by atoms with Gasteiger partial charge in [0.25, 0.3) is 5.91 Å². The second-order valence-electron chi connectivity index (χ2n) is 3.33. The fourth-order valence-corrected chi connectivity index (χ4v) is 1.57. The van der Waals surface area contributed by atoms with E-state index in [2.05, 4.69) is 5.32 Å². The first-order chi connectivity index (χ1) is 7.66. The molecule has 1 heterocycles. The molecule has 0 saturated heterocycles. The molecule has 1 aliphatic rings. The standard InChI is InChI=1S/C11H9ClFNO2/c12-8-6-7(13)3-4-9(8)16-10-2-1-5-14-11(10)15/h1,3-6,10H,2H2,(H,14,15). The number of benzene rings is 1. The van der Waals surface area contributed by atoms with Crippen LogP contribution in [0.4, 0.5) is 4.39 Å². The molecular formula is C11H9ClFNO2. The van der Waals surface area contributed by atoms with Crippen LogP contribution in [0.1, 0.15) is 6.42 Å². The summed E-state index contributed by atoms with van der Waals surface area (Å²) in [5.74, 6) is -0.369. The molecule has 16 heavy (non-hydrogen) atoms. The van der Waals surface area contributed by atoms with Crippen LogP contribution in [0.2, 0.25) is 5.02 Å². The smallest absolute Gasteiger partial charge is 0.265 e. The number of carbonyl (C=O) groups excluding carboxylic acids is 1. The molecule has 1 aromatic carbocycles. The molecule has 1 N–H and O–H groups in total. The second kappa shape index (κ2) is 4.53. The Labute approximate surface area is 96.9 Å². The van der Waals surface area contributed by atoms with Gasteiger partial charge in [0, 0.05) is 12.6 Å². The van der Waals surface area contributed by atoms with Crippen molar-refractivity contribution in [1.82, 2.24) is 5.32 Å². The van der Waals surface area contributed by atoms with Crippen LogP contribution in [0.15, 0.2) is 30.5 Å². The number of amides is 1. The quantitative estimate of drug-likeness (QED) is 0.863. The van der Waals surface area contributed by atoms with Crippen LogP contribution in [0, 0.1) is 5.82 Å². The first kappa shape index (κ1) is 11.0. The van der Waals surface area contributed by atoms with Crippen LogP contribution < -0.4 is 10.1 Å². The van der Waals surface area contributed by atoms with Crippen LogP contribution in [-0.2, 0) is 4.79 Å². The lowest BCUT2D eigenvalue weighted by molar-refractivity contribution is -0.127. The summed E-state index contributed by atoms with van der Waals surface area (Å²) in [4.78, 5) is 11.4. The lowest BCUT2D eigenvalue weighted by Gasteiger charge is -2.19. The van der Waals surface area contributed by atoms with Gasteiger partial charge in [0.1, 0.15) is 11.6 Å². The van der Waals surface area contributed by atoms with E-state index in [1.807, 2.05) is 0 Å². The van der Waals surface area contributed by atoms with Gasteiger partial charge in [-0.25, -0.2) is 4.39 Å². The van der Waals surface area contributed by atoms with E-state index in [4.69, 9.17) is 16.3 Å². The Hall–Kier alpha value is -1.55. The number of ether oxygens (including phenoxy) is 1. The van der Waals surface area contributed by atoms with Crippen LogP contribution >= 0.6 is 11.6 Å². The lowest BCUT2D eigenvalue weighted by atomic mass is 10.2. The van der Waals surface area contributed by atoms with Crippen molar-refractivity contribution >= 4 is 17.5 Å². The van der Waals surface area contributed by atoms with Crippen molar-refractivity contribution in [2.24, 2.45) is 0 Å². The van der Waals surface area contributed by atoms with Gasteiger partial charge in [0.05, 0.1) is 5.02 Å². The zero-order valence-electron chi connectivity index (χ0n) is 8.24. The van der Waals surface area contributed by atoms with Crippen LogP contribution in [0.3, 0.4) is 0 Å². The van der Waals surface area contributed by atoms with E-state index in [1.165, 1.54) is 12.1 Å². The number of nitrogens with one attached hydrogen (secondary N) is 1. The van der Waals surface area contributed by atoms with E-state index < -0.39 is 11.9 Å².